The number of rotatable bonds is 16. The second-order valence-electron chi connectivity index (χ2n) is 12.0. The number of aromatic amines is 1. The van der Waals surface area contributed by atoms with Gasteiger partial charge in [-0.3, -0.25) is 19.8 Å². The van der Waals surface area contributed by atoms with Crippen LogP contribution in [-0.2, 0) is 38.6 Å². The molecule has 4 amide bonds. The van der Waals surface area contributed by atoms with Crippen LogP contribution in [0.25, 0.3) is 10.8 Å². The summed E-state index contributed by atoms with van der Waals surface area (Å²) in [5.74, 6) is 3.46. The number of imidazole rings is 1. The van der Waals surface area contributed by atoms with Gasteiger partial charge in [0, 0.05) is 24.7 Å². The predicted molar refractivity (Wildman–Crippen MR) is 180 cm³/mol. The standard InChI is InChI=1S/C35H43N7O6/c1-22(2)15-28(31(43)18-32(44)42-36)39-34(46)30(17-26-19-37-21-38-26)40-33(45)29(41-35(47)48-20-23-9-4-3-5-10-23)16-25-13-8-12-24-11-6-7-14-27(24)25/h3-14,19,21-22,28-31,43H,15-18,20,36H2,1-2H3,(H,37,38)(H,39,46)(H,40,45)(H,41,47)(H,42,44)/t28?,29-,30-,31?/m0/s1. The lowest BCUT2D eigenvalue weighted by atomic mass is 9.96. The molecule has 0 aliphatic heterocycles. The van der Waals surface area contributed by atoms with E-state index in [4.69, 9.17) is 10.6 Å². The number of ether oxygens (including phenoxy) is 1. The average Bonchev–Trinajstić information content (AvgIpc) is 3.60. The molecule has 0 radical (unpaired) electrons. The third-order valence-corrected chi connectivity index (χ3v) is 7.81. The number of nitrogens with zero attached hydrogens (tertiary/aromatic N) is 1. The van der Waals surface area contributed by atoms with Crippen molar-refractivity contribution in [3.8, 4) is 0 Å². The van der Waals surface area contributed by atoms with Gasteiger partial charge < -0.3 is 30.8 Å². The lowest BCUT2D eigenvalue weighted by Crippen LogP contribution is -2.57. The molecule has 4 rings (SSSR count). The third-order valence-electron chi connectivity index (χ3n) is 7.81. The number of aliphatic hydroxyl groups is 1. The zero-order chi connectivity index (χ0) is 34.5. The summed E-state index contributed by atoms with van der Waals surface area (Å²) in [6, 6.07) is 19.5. The van der Waals surface area contributed by atoms with Gasteiger partial charge in [-0.15, -0.1) is 0 Å². The van der Waals surface area contributed by atoms with Crippen LogP contribution in [0, 0.1) is 5.92 Å². The summed E-state index contributed by atoms with van der Waals surface area (Å²) in [6.45, 7) is 3.83. The number of aromatic nitrogens is 2. The maximum Gasteiger partial charge on any atom is 0.408 e. The number of alkyl carbamates (subject to hydrolysis) is 1. The van der Waals surface area contributed by atoms with Gasteiger partial charge in [-0.05, 0) is 34.2 Å². The summed E-state index contributed by atoms with van der Waals surface area (Å²) in [5, 5.41) is 21.0. The number of hydrazine groups is 1. The van der Waals surface area contributed by atoms with Crippen LogP contribution in [0.3, 0.4) is 0 Å². The number of hydrogen-bond donors (Lipinski definition) is 7. The van der Waals surface area contributed by atoms with Crippen molar-refractivity contribution in [1.29, 1.82) is 0 Å². The Labute approximate surface area is 279 Å². The number of H-pyrrole nitrogens is 1. The molecule has 3 aromatic carbocycles. The van der Waals surface area contributed by atoms with Gasteiger partial charge in [-0.1, -0.05) is 86.6 Å². The van der Waals surface area contributed by atoms with Crippen molar-refractivity contribution in [2.24, 2.45) is 11.8 Å². The smallest absolute Gasteiger partial charge is 0.408 e. The van der Waals surface area contributed by atoms with Gasteiger partial charge in [0.05, 0.1) is 24.9 Å². The van der Waals surface area contributed by atoms with Crippen molar-refractivity contribution >= 4 is 34.6 Å². The zero-order valence-corrected chi connectivity index (χ0v) is 27.0. The first-order valence-electron chi connectivity index (χ1n) is 15.8. The molecule has 0 spiro atoms. The molecule has 0 saturated carbocycles. The molecule has 13 nitrogen and oxygen atoms in total. The van der Waals surface area contributed by atoms with Crippen LogP contribution >= 0.6 is 0 Å². The summed E-state index contributed by atoms with van der Waals surface area (Å²) in [5.41, 5.74) is 4.15. The van der Waals surface area contributed by atoms with Gasteiger partial charge in [0.15, 0.2) is 0 Å². The van der Waals surface area contributed by atoms with Crippen molar-refractivity contribution in [2.75, 3.05) is 0 Å². The van der Waals surface area contributed by atoms with Gasteiger partial charge in [0.1, 0.15) is 18.7 Å². The van der Waals surface area contributed by atoms with E-state index in [0.717, 1.165) is 21.9 Å². The monoisotopic (exact) mass is 657 g/mol. The molecule has 48 heavy (non-hydrogen) atoms. The number of aliphatic hydroxyl groups excluding tert-OH is 1. The van der Waals surface area contributed by atoms with E-state index in [1.165, 1.54) is 12.5 Å². The van der Waals surface area contributed by atoms with Gasteiger partial charge in [-0.25, -0.2) is 15.6 Å². The van der Waals surface area contributed by atoms with Gasteiger partial charge in [0.25, 0.3) is 0 Å². The average molecular weight is 658 g/mol. The molecule has 8 N–H and O–H groups in total. The number of nitrogens with one attached hydrogen (secondary N) is 5. The van der Waals surface area contributed by atoms with Crippen LogP contribution in [-0.4, -0.2) is 63.1 Å². The molecule has 0 saturated heterocycles. The van der Waals surface area contributed by atoms with Crippen molar-refractivity contribution in [3.63, 3.8) is 0 Å². The van der Waals surface area contributed by atoms with E-state index in [2.05, 4.69) is 25.9 Å². The molecule has 0 bridgehead atoms. The lowest BCUT2D eigenvalue weighted by Gasteiger charge is -2.28. The normalized spacial score (nSPS) is 13.6. The molecule has 0 aliphatic carbocycles. The fourth-order valence-corrected chi connectivity index (χ4v) is 5.40. The van der Waals surface area contributed by atoms with Crippen molar-refractivity contribution in [2.45, 2.75) is 70.4 Å². The molecule has 0 aliphatic rings. The zero-order valence-electron chi connectivity index (χ0n) is 27.0. The SMILES string of the molecule is CC(C)CC(NC(=O)[C@H](Cc1cnc[nH]1)NC(=O)[C@H](Cc1cccc2ccccc12)NC(=O)OCc1ccccc1)C(O)CC(=O)NN. The van der Waals surface area contributed by atoms with Crippen LogP contribution in [0.1, 0.15) is 43.5 Å². The highest BCUT2D eigenvalue weighted by Gasteiger charge is 2.31. The third kappa shape index (κ3) is 10.6. The van der Waals surface area contributed by atoms with Gasteiger partial charge >= 0.3 is 6.09 Å². The molecular weight excluding hydrogens is 614 g/mol. The molecule has 13 heteroatoms. The van der Waals surface area contributed by atoms with E-state index in [9.17, 15) is 24.3 Å². The highest BCUT2D eigenvalue weighted by atomic mass is 16.5. The van der Waals surface area contributed by atoms with Crippen molar-refractivity contribution < 1.29 is 29.0 Å². The first-order valence-corrected chi connectivity index (χ1v) is 15.8. The molecule has 0 fully saturated rings. The molecule has 4 atom stereocenters. The Kier molecular flexibility index (Phi) is 13.0. The largest absolute Gasteiger partial charge is 0.445 e. The highest BCUT2D eigenvalue weighted by molar-refractivity contribution is 5.93. The first-order chi connectivity index (χ1) is 23.1. The molecule has 254 valence electrons. The van der Waals surface area contributed by atoms with Crippen LogP contribution in [0.5, 0.6) is 0 Å². The molecule has 4 aromatic rings. The minimum atomic E-state index is -1.23. The Hall–Kier alpha value is -5.27. The Bertz CT molecular complexity index is 1640. The summed E-state index contributed by atoms with van der Waals surface area (Å²) >= 11 is 0. The summed E-state index contributed by atoms with van der Waals surface area (Å²) in [7, 11) is 0. The molecule has 1 heterocycles. The van der Waals surface area contributed by atoms with Gasteiger partial charge in [0.2, 0.25) is 17.7 Å². The van der Waals surface area contributed by atoms with Crippen LogP contribution in [0.2, 0.25) is 0 Å². The predicted octanol–water partition coefficient (Wildman–Crippen LogP) is 2.40. The number of carbonyl (C=O) groups excluding carboxylic acids is 4. The Morgan fingerprint density at radius 1 is 0.875 bits per heavy atom. The Morgan fingerprint density at radius 3 is 2.27 bits per heavy atom. The van der Waals surface area contributed by atoms with E-state index in [1.807, 2.05) is 92.1 Å². The minimum absolute atomic E-state index is 0.00187. The van der Waals surface area contributed by atoms with Crippen molar-refractivity contribution in [1.82, 2.24) is 31.3 Å². The fraction of sp³-hybridized carbons (Fsp3) is 0.343. The molecule has 1 aromatic heterocycles. The Morgan fingerprint density at radius 2 is 1.56 bits per heavy atom. The number of carbonyl (C=O) groups is 4. The molecule has 2 unspecified atom stereocenters. The second kappa shape index (κ2) is 17.6. The van der Waals surface area contributed by atoms with Crippen LogP contribution in [0.15, 0.2) is 85.3 Å². The maximum atomic E-state index is 14.0. The van der Waals surface area contributed by atoms with Crippen LogP contribution in [0.4, 0.5) is 4.79 Å². The first kappa shape index (κ1) is 35.6. The van der Waals surface area contributed by atoms with Crippen LogP contribution < -0.4 is 27.2 Å². The van der Waals surface area contributed by atoms with Crippen molar-refractivity contribution in [3.05, 3.63) is 102 Å². The van der Waals surface area contributed by atoms with E-state index >= 15 is 0 Å². The van der Waals surface area contributed by atoms with E-state index in [0.29, 0.717) is 12.1 Å². The minimum Gasteiger partial charge on any atom is -0.445 e. The van der Waals surface area contributed by atoms with E-state index < -0.39 is 48.0 Å². The number of hydrogen-bond acceptors (Lipinski definition) is 8. The summed E-state index contributed by atoms with van der Waals surface area (Å²) < 4.78 is 5.44. The Balaban J connectivity index is 1.57. The van der Waals surface area contributed by atoms with E-state index in [-0.39, 0.29) is 31.8 Å². The van der Waals surface area contributed by atoms with E-state index in [1.54, 1.807) is 0 Å². The number of fused-ring (bicyclic) bond motifs is 1. The van der Waals surface area contributed by atoms with Gasteiger partial charge in [-0.2, -0.15) is 0 Å². The number of nitrogens with two attached hydrogens (primary N) is 1. The number of amides is 4. The second-order valence-corrected chi connectivity index (χ2v) is 12.0. The lowest BCUT2D eigenvalue weighted by molar-refractivity contribution is -0.131. The quantitative estimate of drug-likeness (QED) is 0.0541. The highest BCUT2D eigenvalue weighted by Crippen LogP contribution is 2.20. The number of benzene rings is 3. The maximum absolute atomic E-state index is 14.0. The molecular formula is C35H43N7O6. The summed E-state index contributed by atoms with van der Waals surface area (Å²) in [4.78, 5) is 59.7. The summed E-state index contributed by atoms with van der Waals surface area (Å²) in [6.07, 6.45) is 1.12. The fourth-order valence-electron chi connectivity index (χ4n) is 5.40. The topological polar surface area (TPSA) is 201 Å².